The van der Waals surface area contributed by atoms with Gasteiger partial charge in [0.2, 0.25) is 0 Å². The van der Waals surface area contributed by atoms with Gasteiger partial charge in [-0.2, -0.15) is 5.10 Å². The van der Waals surface area contributed by atoms with Gasteiger partial charge in [0.1, 0.15) is 5.78 Å². The van der Waals surface area contributed by atoms with Crippen LogP contribution in [0.2, 0.25) is 0 Å². The van der Waals surface area contributed by atoms with E-state index in [0.29, 0.717) is 36.0 Å². The molecule has 4 aromatic rings. The van der Waals surface area contributed by atoms with E-state index in [4.69, 9.17) is 0 Å². The fourth-order valence-electron chi connectivity index (χ4n) is 6.82. The minimum Gasteiger partial charge on any atom is -0.300 e. The average Bonchev–Trinajstić information content (AvgIpc) is 3.25. The molecule has 2 aliphatic rings. The monoisotopic (exact) mass is 476 g/mol. The van der Waals surface area contributed by atoms with Crippen LogP contribution in [0.1, 0.15) is 61.4 Å². The number of benzene rings is 3. The highest BCUT2D eigenvalue weighted by molar-refractivity contribution is 6.07. The number of carbonyl (C=O) groups excluding carboxylic acids is 2. The largest absolute Gasteiger partial charge is 0.300 e. The van der Waals surface area contributed by atoms with E-state index in [1.807, 2.05) is 35.1 Å². The van der Waals surface area contributed by atoms with Crippen molar-refractivity contribution in [1.82, 2.24) is 9.78 Å². The maximum absolute atomic E-state index is 13.4. The van der Waals surface area contributed by atoms with E-state index in [0.717, 1.165) is 41.3 Å². The number of hydrogen-bond donors (Lipinski definition) is 0. The molecule has 0 atom stereocenters. The predicted molar refractivity (Wildman–Crippen MR) is 143 cm³/mol. The number of rotatable bonds is 8. The van der Waals surface area contributed by atoms with Crippen LogP contribution >= 0.6 is 0 Å². The topological polar surface area (TPSA) is 52.0 Å². The van der Waals surface area contributed by atoms with E-state index in [2.05, 4.69) is 53.6 Å². The number of Topliss-reactive ketones (excluding diaryl/α,β-unsaturated/α-hetero) is 2. The third kappa shape index (κ3) is 4.41. The molecule has 6 rings (SSSR count). The normalized spacial score (nSPS) is 22.8. The second kappa shape index (κ2) is 9.16. The molecule has 0 N–H and O–H groups in total. The zero-order valence-corrected chi connectivity index (χ0v) is 20.8. The Balaban J connectivity index is 1.14. The first-order valence-electron chi connectivity index (χ1n) is 13.1. The summed E-state index contributed by atoms with van der Waals surface area (Å²) in [6, 6.07) is 24.9. The number of para-hydroxylation sites is 1. The average molecular weight is 477 g/mol. The van der Waals surface area contributed by atoms with Gasteiger partial charge >= 0.3 is 0 Å². The Morgan fingerprint density at radius 3 is 2.19 bits per heavy atom. The Hall–Kier alpha value is -3.53. The third-order valence-corrected chi connectivity index (χ3v) is 8.29. The van der Waals surface area contributed by atoms with Gasteiger partial charge in [0.25, 0.3) is 0 Å². The quantitative estimate of drug-likeness (QED) is 0.255. The number of aromatic nitrogens is 2. The minimum atomic E-state index is 0.223. The molecular weight excluding hydrogens is 444 g/mol. The highest BCUT2D eigenvalue weighted by Gasteiger charge is 2.52. The first-order chi connectivity index (χ1) is 17.5. The lowest BCUT2D eigenvalue weighted by Crippen LogP contribution is -2.48. The van der Waals surface area contributed by atoms with E-state index >= 15 is 0 Å². The zero-order chi connectivity index (χ0) is 24.7. The van der Waals surface area contributed by atoms with E-state index in [9.17, 15) is 9.59 Å². The molecule has 0 saturated heterocycles. The molecule has 1 heterocycles. The fourth-order valence-corrected chi connectivity index (χ4v) is 6.82. The molecule has 1 aromatic heterocycles. The SMILES string of the molecule is CC(=O)CC1CC2(C1)CC(CC(=O)c1cccc3cnn(Cc4ccc(-c5ccccc5)cc4)c13)C2. The standard InChI is InChI=1S/C32H32N2O2/c1-22(35)14-24-16-32(17-24)18-25(19-32)15-30(36)29-9-5-8-28-20-33-34(31(28)29)21-23-10-12-27(13-11-23)26-6-3-2-4-7-26/h2-13,20,24-25H,14-19,21H2,1H3. The molecule has 2 aliphatic carbocycles. The van der Waals surface area contributed by atoms with Gasteiger partial charge in [-0.25, -0.2) is 0 Å². The number of nitrogens with zero attached hydrogens (tertiary/aromatic N) is 2. The first-order valence-corrected chi connectivity index (χ1v) is 13.1. The fraction of sp³-hybridized carbons (Fsp3) is 0.344. The molecule has 0 radical (unpaired) electrons. The lowest BCUT2D eigenvalue weighted by Gasteiger charge is -2.58. The molecule has 4 nitrogen and oxygen atoms in total. The van der Waals surface area contributed by atoms with Crippen molar-refractivity contribution < 1.29 is 9.59 Å². The molecule has 3 aromatic carbocycles. The van der Waals surface area contributed by atoms with Crippen LogP contribution in [0.15, 0.2) is 79.0 Å². The number of fused-ring (bicyclic) bond motifs is 1. The van der Waals surface area contributed by atoms with Crippen molar-refractivity contribution in [3.05, 3.63) is 90.1 Å². The Morgan fingerprint density at radius 1 is 0.833 bits per heavy atom. The summed E-state index contributed by atoms with van der Waals surface area (Å²) < 4.78 is 1.97. The van der Waals surface area contributed by atoms with Gasteiger partial charge < -0.3 is 4.79 Å². The number of hydrogen-bond acceptors (Lipinski definition) is 3. The van der Waals surface area contributed by atoms with E-state index < -0.39 is 0 Å². The Labute approximate surface area is 212 Å². The van der Waals surface area contributed by atoms with Crippen LogP contribution in [0.3, 0.4) is 0 Å². The third-order valence-electron chi connectivity index (χ3n) is 8.29. The van der Waals surface area contributed by atoms with Crippen molar-refractivity contribution in [1.29, 1.82) is 0 Å². The van der Waals surface area contributed by atoms with Gasteiger partial charge in [-0.1, -0.05) is 66.7 Å². The van der Waals surface area contributed by atoms with Crippen molar-refractivity contribution >= 4 is 22.5 Å². The van der Waals surface area contributed by atoms with Gasteiger partial charge in [-0.15, -0.1) is 0 Å². The van der Waals surface area contributed by atoms with Crippen molar-refractivity contribution in [2.75, 3.05) is 0 Å². The van der Waals surface area contributed by atoms with E-state index in [1.54, 1.807) is 6.92 Å². The molecule has 0 bridgehead atoms. The lowest BCUT2D eigenvalue weighted by atomic mass is 9.47. The van der Waals surface area contributed by atoms with Gasteiger partial charge in [-0.3, -0.25) is 9.48 Å². The molecule has 2 saturated carbocycles. The molecule has 0 unspecified atom stereocenters. The van der Waals surface area contributed by atoms with Crippen LogP contribution in [0.25, 0.3) is 22.0 Å². The Bertz CT molecular complexity index is 1400. The maximum atomic E-state index is 13.4. The van der Waals surface area contributed by atoms with Crippen LogP contribution in [0, 0.1) is 17.3 Å². The van der Waals surface area contributed by atoms with Crippen LogP contribution in [-0.4, -0.2) is 21.3 Å². The summed E-state index contributed by atoms with van der Waals surface area (Å²) in [5.41, 5.74) is 5.70. The van der Waals surface area contributed by atoms with Crippen LogP contribution in [-0.2, 0) is 11.3 Å². The maximum Gasteiger partial charge on any atom is 0.165 e. The summed E-state index contributed by atoms with van der Waals surface area (Å²) in [5, 5.41) is 5.65. The molecule has 2 fully saturated rings. The Morgan fingerprint density at radius 2 is 1.50 bits per heavy atom. The van der Waals surface area contributed by atoms with E-state index in [1.165, 1.54) is 24.0 Å². The van der Waals surface area contributed by atoms with Gasteiger partial charge in [0, 0.05) is 23.8 Å². The van der Waals surface area contributed by atoms with Crippen molar-refractivity contribution in [2.45, 2.75) is 52.0 Å². The number of ketones is 2. The summed E-state index contributed by atoms with van der Waals surface area (Å²) >= 11 is 0. The van der Waals surface area contributed by atoms with Gasteiger partial charge in [0.05, 0.1) is 18.3 Å². The highest BCUT2D eigenvalue weighted by atomic mass is 16.1. The van der Waals surface area contributed by atoms with E-state index in [-0.39, 0.29) is 5.78 Å². The van der Waals surface area contributed by atoms with Crippen LogP contribution in [0.4, 0.5) is 0 Å². The molecule has 1 spiro atoms. The lowest BCUT2D eigenvalue weighted by molar-refractivity contribution is -0.123. The molecular formula is C32H32N2O2. The van der Waals surface area contributed by atoms with Crippen molar-refractivity contribution in [3.8, 4) is 11.1 Å². The Kier molecular flexibility index (Phi) is 5.83. The number of carbonyl (C=O) groups is 2. The molecule has 0 aliphatic heterocycles. The molecule has 36 heavy (non-hydrogen) atoms. The second-order valence-electron chi connectivity index (χ2n) is 11.2. The summed E-state index contributed by atoms with van der Waals surface area (Å²) in [5.74, 6) is 1.57. The summed E-state index contributed by atoms with van der Waals surface area (Å²) in [6.07, 6.45) is 7.81. The van der Waals surface area contributed by atoms with Crippen molar-refractivity contribution in [3.63, 3.8) is 0 Å². The van der Waals surface area contributed by atoms with Gasteiger partial charge in [-0.05, 0) is 72.6 Å². The van der Waals surface area contributed by atoms with Crippen LogP contribution < -0.4 is 0 Å². The van der Waals surface area contributed by atoms with Crippen molar-refractivity contribution in [2.24, 2.45) is 17.3 Å². The highest BCUT2D eigenvalue weighted by Crippen LogP contribution is 2.62. The second-order valence-corrected chi connectivity index (χ2v) is 11.2. The summed E-state index contributed by atoms with van der Waals surface area (Å²) in [7, 11) is 0. The first kappa shape index (κ1) is 22.9. The van der Waals surface area contributed by atoms with Crippen LogP contribution in [0.5, 0.6) is 0 Å². The summed E-state index contributed by atoms with van der Waals surface area (Å²) in [4.78, 5) is 24.8. The smallest absolute Gasteiger partial charge is 0.165 e. The zero-order valence-electron chi connectivity index (χ0n) is 20.8. The van der Waals surface area contributed by atoms with Gasteiger partial charge in [0.15, 0.2) is 5.78 Å². The minimum absolute atomic E-state index is 0.223. The predicted octanol–water partition coefficient (Wildman–Crippen LogP) is 7.11. The molecule has 0 amide bonds. The molecule has 182 valence electrons. The molecule has 4 heteroatoms. The summed E-state index contributed by atoms with van der Waals surface area (Å²) in [6.45, 7) is 2.32.